The molecule has 1 aromatic rings. The molecule has 2 atom stereocenters. The molecule has 3 amide bonds. The molecule has 0 spiro atoms. The van der Waals surface area contributed by atoms with E-state index < -0.39 is 17.9 Å². The van der Waals surface area contributed by atoms with Crippen LogP contribution in [-0.4, -0.2) is 47.6 Å². The number of amides is 3. The van der Waals surface area contributed by atoms with Gasteiger partial charge in [0.2, 0.25) is 17.7 Å². The Bertz CT molecular complexity index is 661. The highest BCUT2D eigenvalue weighted by Gasteiger charge is 2.28. The Morgan fingerprint density at radius 1 is 1.18 bits per heavy atom. The van der Waals surface area contributed by atoms with Crippen LogP contribution in [0.1, 0.15) is 32.3 Å². The molecule has 28 heavy (non-hydrogen) atoms. The highest BCUT2D eigenvalue weighted by Crippen LogP contribution is 2.18. The number of carbonyl (C=O) groups excluding carboxylic acids is 3. The van der Waals surface area contributed by atoms with E-state index in [0.717, 1.165) is 5.56 Å². The zero-order chi connectivity index (χ0) is 21.1. The van der Waals surface area contributed by atoms with Crippen molar-refractivity contribution in [3.63, 3.8) is 0 Å². The summed E-state index contributed by atoms with van der Waals surface area (Å²) in [5, 5.41) is 15.6. The van der Waals surface area contributed by atoms with E-state index in [1.807, 2.05) is 44.2 Å². The molecule has 0 aliphatic heterocycles. The summed E-state index contributed by atoms with van der Waals surface area (Å²) >= 11 is 0. The summed E-state index contributed by atoms with van der Waals surface area (Å²) in [6.45, 7) is 7.37. The maximum absolute atomic E-state index is 12.9. The Morgan fingerprint density at radius 2 is 1.82 bits per heavy atom. The van der Waals surface area contributed by atoms with Crippen molar-refractivity contribution >= 4 is 17.7 Å². The number of hydrogen-bond donors (Lipinski definition) is 3. The first-order valence-electron chi connectivity index (χ1n) is 9.44. The van der Waals surface area contributed by atoms with Crippen LogP contribution >= 0.6 is 0 Å². The van der Waals surface area contributed by atoms with Gasteiger partial charge in [-0.25, -0.2) is 5.06 Å². The van der Waals surface area contributed by atoms with E-state index in [2.05, 4.69) is 17.2 Å². The fraction of sp³-hybridized carbons (Fsp3) is 0.476. The molecule has 0 fully saturated rings. The molecule has 0 aliphatic rings. The molecular weight excluding hydrogens is 358 g/mol. The second-order valence-corrected chi connectivity index (χ2v) is 7.16. The van der Waals surface area contributed by atoms with Crippen LogP contribution in [0.25, 0.3) is 0 Å². The van der Waals surface area contributed by atoms with Crippen LogP contribution in [0, 0.1) is 11.8 Å². The van der Waals surface area contributed by atoms with Crippen LogP contribution in [-0.2, 0) is 20.8 Å². The van der Waals surface area contributed by atoms with Gasteiger partial charge in [-0.15, -0.1) is 6.58 Å². The maximum atomic E-state index is 12.9. The Labute approximate surface area is 166 Å². The van der Waals surface area contributed by atoms with Gasteiger partial charge in [0.05, 0.1) is 6.54 Å². The molecule has 0 heterocycles. The number of hydrogen-bond acceptors (Lipinski definition) is 4. The van der Waals surface area contributed by atoms with Crippen LogP contribution in [0.2, 0.25) is 0 Å². The summed E-state index contributed by atoms with van der Waals surface area (Å²) < 4.78 is 0. The molecule has 0 bridgehead atoms. The van der Waals surface area contributed by atoms with E-state index in [1.54, 1.807) is 0 Å². The summed E-state index contributed by atoms with van der Waals surface area (Å²) in [7, 11) is 1.51. The van der Waals surface area contributed by atoms with Crippen LogP contribution in [0.3, 0.4) is 0 Å². The third kappa shape index (κ3) is 7.92. The minimum atomic E-state index is -0.747. The standard InChI is InChI=1S/C21H31N3O4/c1-5-11-24(28)19(25)14-17(12-15(2)3)20(26)23-18(21(27)22-4)13-16-9-7-6-8-10-16/h5-10,15,17-18,28H,1,11-14H2,2-4H3,(H,22,27)(H,23,26)/t17-,18+/m1/s1. The second kappa shape index (κ2) is 11.9. The molecule has 0 radical (unpaired) electrons. The maximum Gasteiger partial charge on any atom is 0.247 e. The second-order valence-electron chi connectivity index (χ2n) is 7.16. The zero-order valence-corrected chi connectivity index (χ0v) is 16.9. The molecule has 3 N–H and O–H groups in total. The molecule has 1 aromatic carbocycles. The largest absolute Gasteiger partial charge is 0.357 e. The lowest BCUT2D eigenvalue weighted by molar-refractivity contribution is -0.165. The Kier molecular flexibility index (Phi) is 9.95. The smallest absolute Gasteiger partial charge is 0.247 e. The molecular formula is C21H31N3O4. The number of rotatable bonds is 11. The van der Waals surface area contributed by atoms with Gasteiger partial charge in [-0.2, -0.15) is 0 Å². The number of carbonyl (C=O) groups is 3. The van der Waals surface area contributed by atoms with Gasteiger partial charge in [0, 0.05) is 25.8 Å². The average Bonchev–Trinajstić information content (AvgIpc) is 2.66. The third-order valence-electron chi connectivity index (χ3n) is 4.30. The number of benzene rings is 1. The van der Waals surface area contributed by atoms with Gasteiger partial charge in [0.1, 0.15) is 6.04 Å². The van der Waals surface area contributed by atoms with Crippen LogP contribution in [0.4, 0.5) is 0 Å². The highest BCUT2D eigenvalue weighted by atomic mass is 16.5. The van der Waals surface area contributed by atoms with Gasteiger partial charge in [-0.1, -0.05) is 50.3 Å². The number of nitrogens with one attached hydrogen (secondary N) is 2. The summed E-state index contributed by atoms with van der Waals surface area (Å²) in [6, 6.07) is 8.64. The first-order valence-corrected chi connectivity index (χ1v) is 9.44. The molecule has 7 nitrogen and oxygen atoms in total. The first kappa shape index (κ1) is 23.4. The molecule has 1 rings (SSSR count). The van der Waals surface area contributed by atoms with Gasteiger partial charge in [0.25, 0.3) is 0 Å². The summed E-state index contributed by atoms with van der Waals surface area (Å²) in [4.78, 5) is 37.3. The predicted octanol–water partition coefficient (Wildman–Crippen LogP) is 1.92. The summed E-state index contributed by atoms with van der Waals surface area (Å²) in [5.74, 6) is -1.71. The average molecular weight is 389 g/mol. The van der Waals surface area contributed by atoms with Crippen molar-refractivity contribution in [2.75, 3.05) is 13.6 Å². The molecule has 7 heteroatoms. The predicted molar refractivity (Wildman–Crippen MR) is 107 cm³/mol. The van der Waals surface area contributed by atoms with Crippen molar-refractivity contribution in [3.8, 4) is 0 Å². The number of nitrogens with zero attached hydrogens (tertiary/aromatic N) is 1. The van der Waals surface area contributed by atoms with Gasteiger partial charge in [0.15, 0.2) is 0 Å². The van der Waals surface area contributed by atoms with Gasteiger partial charge >= 0.3 is 0 Å². The van der Waals surface area contributed by atoms with E-state index in [4.69, 9.17) is 0 Å². The van der Waals surface area contributed by atoms with E-state index in [0.29, 0.717) is 17.9 Å². The van der Waals surface area contributed by atoms with Crippen LogP contribution < -0.4 is 10.6 Å². The van der Waals surface area contributed by atoms with E-state index in [1.165, 1.54) is 13.1 Å². The Morgan fingerprint density at radius 3 is 2.36 bits per heavy atom. The number of likely N-dealkylation sites (N-methyl/N-ethyl adjacent to an activating group) is 1. The van der Waals surface area contributed by atoms with Crippen molar-refractivity contribution in [1.82, 2.24) is 15.7 Å². The van der Waals surface area contributed by atoms with E-state index in [-0.39, 0.29) is 30.7 Å². The molecule has 154 valence electrons. The van der Waals surface area contributed by atoms with E-state index >= 15 is 0 Å². The quantitative estimate of drug-likeness (QED) is 0.306. The van der Waals surface area contributed by atoms with Gasteiger partial charge < -0.3 is 10.6 Å². The minimum absolute atomic E-state index is 0.0102. The highest BCUT2D eigenvalue weighted by molar-refractivity contribution is 5.90. The van der Waals surface area contributed by atoms with Gasteiger partial charge in [-0.3, -0.25) is 19.6 Å². The van der Waals surface area contributed by atoms with E-state index in [9.17, 15) is 19.6 Å². The Hall–Kier alpha value is -2.67. The molecule has 0 saturated heterocycles. The fourth-order valence-electron chi connectivity index (χ4n) is 2.92. The van der Waals surface area contributed by atoms with Crippen molar-refractivity contribution < 1.29 is 19.6 Å². The van der Waals surface area contributed by atoms with Crippen molar-refractivity contribution in [2.24, 2.45) is 11.8 Å². The Balaban J connectivity index is 2.89. The van der Waals surface area contributed by atoms with Crippen molar-refractivity contribution in [3.05, 3.63) is 48.6 Å². The summed E-state index contributed by atoms with van der Waals surface area (Å²) in [6.07, 6.45) is 2.07. The van der Waals surface area contributed by atoms with Crippen molar-refractivity contribution in [2.45, 2.75) is 39.2 Å². The van der Waals surface area contributed by atoms with Crippen LogP contribution in [0.15, 0.2) is 43.0 Å². The molecule has 0 aliphatic carbocycles. The normalized spacial score (nSPS) is 12.8. The molecule has 0 unspecified atom stereocenters. The summed E-state index contributed by atoms with van der Waals surface area (Å²) in [5.41, 5.74) is 0.917. The third-order valence-corrected chi connectivity index (χ3v) is 4.30. The fourth-order valence-corrected chi connectivity index (χ4v) is 2.92. The molecule has 0 saturated carbocycles. The minimum Gasteiger partial charge on any atom is -0.357 e. The molecule has 0 aromatic heterocycles. The zero-order valence-electron chi connectivity index (χ0n) is 16.9. The lowest BCUT2D eigenvalue weighted by atomic mass is 9.92. The first-order chi connectivity index (χ1) is 13.3. The monoisotopic (exact) mass is 389 g/mol. The van der Waals surface area contributed by atoms with Crippen molar-refractivity contribution in [1.29, 1.82) is 0 Å². The lowest BCUT2D eigenvalue weighted by Crippen LogP contribution is -2.49. The topological polar surface area (TPSA) is 98.7 Å². The van der Waals surface area contributed by atoms with Crippen LogP contribution in [0.5, 0.6) is 0 Å². The SMILES string of the molecule is C=CCN(O)C(=O)C[C@@H](CC(C)C)C(=O)N[C@@H](Cc1ccccc1)C(=O)NC. The number of hydroxylamine groups is 2. The van der Waals surface area contributed by atoms with Gasteiger partial charge in [-0.05, 0) is 17.9 Å². The lowest BCUT2D eigenvalue weighted by Gasteiger charge is -2.24.